The summed E-state index contributed by atoms with van der Waals surface area (Å²) in [6, 6.07) is 12.2. The number of furan rings is 1. The minimum absolute atomic E-state index is 0.222. The number of halogens is 1. The molecule has 0 aliphatic carbocycles. The Morgan fingerprint density at radius 3 is 2.86 bits per heavy atom. The Morgan fingerprint density at radius 2 is 2.14 bits per heavy atom. The summed E-state index contributed by atoms with van der Waals surface area (Å²) < 4.78 is 5.22. The van der Waals surface area contributed by atoms with E-state index >= 15 is 0 Å². The highest BCUT2D eigenvalue weighted by atomic mass is 35.5. The highest BCUT2D eigenvalue weighted by molar-refractivity contribution is 6.30. The van der Waals surface area contributed by atoms with E-state index in [2.05, 4.69) is 20.7 Å². The molecule has 2 N–H and O–H groups in total. The second-order valence-electron chi connectivity index (χ2n) is 4.39. The highest BCUT2D eigenvalue weighted by Crippen LogP contribution is 2.17. The second-order valence-corrected chi connectivity index (χ2v) is 4.83. The number of carbonyl (C=O) groups excluding carboxylic acids is 1. The summed E-state index contributed by atoms with van der Waals surface area (Å²) in [5.74, 6) is 0.190. The van der Waals surface area contributed by atoms with Crippen molar-refractivity contribution in [3.05, 3.63) is 65.0 Å². The molecule has 2 heterocycles. The van der Waals surface area contributed by atoms with Gasteiger partial charge >= 0.3 is 0 Å². The van der Waals surface area contributed by atoms with Crippen LogP contribution in [0.5, 0.6) is 0 Å². The molecule has 1 amide bonds. The van der Waals surface area contributed by atoms with E-state index in [0.29, 0.717) is 16.5 Å². The van der Waals surface area contributed by atoms with Gasteiger partial charge in [0, 0.05) is 11.1 Å². The van der Waals surface area contributed by atoms with E-state index in [1.165, 1.54) is 6.21 Å². The third kappa shape index (κ3) is 3.24. The van der Waals surface area contributed by atoms with Gasteiger partial charge in [0.15, 0.2) is 11.5 Å². The van der Waals surface area contributed by atoms with Crippen molar-refractivity contribution in [3.8, 4) is 11.5 Å². The maximum atomic E-state index is 11.9. The van der Waals surface area contributed by atoms with Gasteiger partial charge in [-0.25, -0.2) is 5.43 Å². The molecule has 0 saturated carbocycles. The van der Waals surface area contributed by atoms with Crippen molar-refractivity contribution in [2.24, 2.45) is 5.10 Å². The molecule has 6 nitrogen and oxygen atoms in total. The third-order valence-electron chi connectivity index (χ3n) is 2.85. The zero-order valence-electron chi connectivity index (χ0n) is 11.3. The predicted molar refractivity (Wildman–Crippen MR) is 82.8 cm³/mol. The fourth-order valence-corrected chi connectivity index (χ4v) is 1.89. The smallest absolute Gasteiger partial charge is 0.291 e. The normalized spacial score (nSPS) is 11.0. The zero-order chi connectivity index (χ0) is 15.4. The number of hydrogen-bond donors (Lipinski definition) is 2. The molecule has 7 heteroatoms. The van der Waals surface area contributed by atoms with Gasteiger partial charge in [-0.3, -0.25) is 9.89 Å². The van der Waals surface area contributed by atoms with Crippen LogP contribution in [0, 0.1) is 0 Å². The Labute approximate surface area is 130 Å². The van der Waals surface area contributed by atoms with Gasteiger partial charge in [-0.2, -0.15) is 10.2 Å². The summed E-state index contributed by atoms with van der Waals surface area (Å²) >= 11 is 5.79. The van der Waals surface area contributed by atoms with Gasteiger partial charge in [0.05, 0.1) is 12.5 Å². The van der Waals surface area contributed by atoms with Crippen LogP contribution in [0.25, 0.3) is 11.5 Å². The number of rotatable bonds is 4. The Bertz CT molecular complexity index is 791. The lowest BCUT2D eigenvalue weighted by atomic mass is 10.2. The number of carbonyl (C=O) groups is 1. The van der Waals surface area contributed by atoms with E-state index < -0.39 is 5.91 Å². The maximum Gasteiger partial charge on any atom is 0.291 e. The molecule has 3 rings (SSSR count). The van der Waals surface area contributed by atoms with Crippen molar-refractivity contribution in [2.75, 3.05) is 0 Å². The highest BCUT2D eigenvalue weighted by Gasteiger charge is 2.11. The molecule has 110 valence electrons. The molecule has 3 aromatic rings. The summed E-state index contributed by atoms with van der Waals surface area (Å²) in [5, 5.41) is 11.2. The van der Waals surface area contributed by atoms with Crippen LogP contribution in [0.2, 0.25) is 5.02 Å². The van der Waals surface area contributed by atoms with E-state index in [4.69, 9.17) is 16.0 Å². The third-order valence-corrected chi connectivity index (χ3v) is 3.10. The summed E-state index contributed by atoms with van der Waals surface area (Å²) in [4.78, 5) is 11.9. The first-order chi connectivity index (χ1) is 10.7. The van der Waals surface area contributed by atoms with Gasteiger partial charge in [0.25, 0.3) is 5.91 Å². The Hall–Kier alpha value is -2.86. The van der Waals surface area contributed by atoms with Crippen LogP contribution >= 0.6 is 11.6 Å². The van der Waals surface area contributed by atoms with Crippen molar-refractivity contribution < 1.29 is 9.21 Å². The predicted octanol–water partition coefficient (Wildman–Crippen LogP) is 3.09. The molecule has 0 aliphatic rings. The molecule has 0 saturated heterocycles. The van der Waals surface area contributed by atoms with Gasteiger partial charge in [-0.05, 0) is 29.8 Å². The molecule has 0 bridgehead atoms. The first kappa shape index (κ1) is 14.1. The first-order valence-electron chi connectivity index (χ1n) is 6.40. The van der Waals surface area contributed by atoms with Gasteiger partial charge in [-0.1, -0.05) is 23.7 Å². The number of benzene rings is 1. The monoisotopic (exact) mass is 314 g/mol. The number of nitrogens with zero attached hydrogens (tertiary/aromatic N) is 2. The molecule has 0 spiro atoms. The van der Waals surface area contributed by atoms with Crippen LogP contribution in [-0.2, 0) is 0 Å². The van der Waals surface area contributed by atoms with Crippen LogP contribution in [-0.4, -0.2) is 22.3 Å². The van der Waals surface area contributed by atoms with E-state index in [-0.39, 0.29) is 5.69 Å². The largest absolute Gasteiger partial charge is 0.463 e. The molecule has 2 aromatic heterocycles. The Morgan fingerprint density at radius 1 is 1.32 bits per heavy atom. The van der Waals surface area contributed by atoms with E-state index in [9.17, 15) is 4.79 Å². The fraction of sp³-hybridized carbons (Fsp3) is 0. The van der Waals surface area contributed by atoms with Crippen molar-refractivity contribution in [1.29, 1.82) is 0 Å². The number of aromatic nitrogens is 2. The van der Waals surface area contributed by atoms with Gasteiger partial charge in [-0.15, -0.1) is 0 Å². The lowest BCUT2D eigenvalue weighted by Crippen LogP contribution is -2.17. The molecule has 0 unspecified atom stereocenters. The molecule has 0 radical (unpaired) electrons. The quantitative estimate of drug-likeness (QED) is 0.573. The number of H-pyrrole nitrogens is 1. The van der Waals surface area contributed by atoms with E-state index in [1.807, 2.05) is 0 Å². The molecular weight excluding hydrogens is 304 g/mol. The zero-order valence-corrected chi connectivity index (χ0v) is 12.0. The standard InChI is InChI=1S/C15H11ClN4O2/c16-11-5-3-10(4-6-11)9-17-20-15(21)13-8-12(18-19-13)14-2-1-7-22-14/h1-9H,(H,18,19)(H,20,21). The van der Waals surface area contributed by atoms with Crippen molar-refractivity contribution in [2.45, 2.75) is 0 Å². The Balaban J connectivity index is 1.63. The molecule has 1 aromatic carbocycles. The van der Waals surface area contributed by atoms with Crippen LogP contribution in [0.15, 0.2) is 58.2 Å². The number of nitrogens with one attached hydrogen (secondary N) is 2. The summed E-state index contributed by atoms with van der Waals surface area (Å²) in [6.07, 6.45) is 3.07. The number of amides is 1. The van der Waals surface area contributed by atoms with E-state index in [0.717, 1.165) is 5.56 Å². The summed E-state index contributed by atoms with van der Waals surface area (Å²) in [6.45, 7) is 0. The lowest BCUT2D eigenvalue weighted by Gasteiger charge is -1.95. The van der Waals surface area contributed by atoms with Crippen LogP contribution in [0.1, 0.15) is 16.1 Å². The molecule has 0 atom stereocenters. The van der Waals surface area contributed by atoms with Crippen LogP contribution in [0.4, 0.5) is 0 Å². The maximum absolute atomic E-state index is 11.9. The Kier molecular flexibility index (Phi) is 4.02. The average Bonchev–Trinajstić information content (AvgIpc) is 3.20. The first-order valence-corrected chi connectivity index (χ1v) is 6.78. The molecule has 0 aliphatic heterocycles. The number of hydrogen-bond acceptors (Lipinski definition) is 4. The van der Waals surface area contributed by atoms with Gasteiger partial charge in [0.1, 0.15) is 5.69 Å². The van der Waals surface area contributed by atoms with Crippen molar-refractivity contribution in [3.63, 3.8) is 0 Å². The second kappa shape index (κ2) is 6.28. The summed E-state index contributed by atoms with van der Waals surface area (Å²) in [7, 11) is 0. The van der Waals surface area contributed by atoms with Crippen molar-refractivity contribution >= 4 is 23.7 Å². The SMILES string of the molecule is O=C(NN=Cc1ccc(Cl)cc1)c1cc(-c2ccco2)[nH]n1. The average molecular weight is 315 g/mol. The van der Waals surface area contributed by atoms with Crippen LogP contribution < -0.4 is 5.43 Å². The minimum atomic E-state index is -0.417. The molecule has 0 fully saturated rings. The van der Waals surface area contributed by atoms with Gasteiger partial charge < -0.3 is 4.42 Å². The lowest BCUT2D eigenvalue weighted by molar-refractivity contribution is 0.0950. The minimum Gasteiger partial charge on any atom is -0.463 e. The van der Waals surface area contributed by atoms with Crippen molar-refractivity contribution in [1.82, 2.24) is 15.6 Å². The van der Waals surface area contributed by atoms with E-state index in [1.54, 1.807) is 48.7 Å². The summed E-state index contributed by atoms with van der Waals surface area (Å²) in [5.41, 5.74) is 4.07. The number of aromatic amines is 1. The topological polar surface area (TPSA) is 83.3 Å². The number of hydrazone groups is 1. The fourth-order valence-electron chi connectivity index (χ4n) is 1.77. The van der Waals surface area contributed by atoms with Crippen LogP contribution in [0.3, 0.4) is 0 Å². The molecule has 22 heavy (non-hydrogen) atoms. The molecular formula is C15H11ClN4O2. The van der Waals surface area contributed by atoms with Gasteiger partial charge in [0.2, 0.25) is 0 Å².